The first-order valence-corrected chi connectivity index (χ1v) is 5.46. The molecule has 0 bridgehead atoms. The number of aliphatic hydroxyl groups is 1. The van der Waals surface area contributed by atoms with Gasteiger partial charge in [-0.2, -0.15) is 0 Å². The third-order valence-corrected chi connectivity index (χ3v) is 3.28. The first-order valence-electron chi connectivity index (χ1n) is 4.58. The molecule has 0 radical (unpaired) electrons. The highest BCUT2D eigenvalue weighted by atomic mass is 32.1. The maximum atomic E-state index is 9.15. The van der Waals surface area contributed by atoms with E-state index in [4.69, 9.17) is 5.11 Å². The van der Waals surface area contributed by atoms with E-state index in [0.717, 1.165) is 13.0 Å². The molecule has 0 amide bonds. The van der Waals surface area contributed by atoms with Crippen molar-refractivity contribution in [2.45, 2.75) is 32.4 Å². The molecule has 2 N–H and O–H groups in total. The zero-order chi connectivity index (χ0) is 9.73. The molecule has 0 saturated carbocycles. The van der Waals surface area contributed by atoms with E-state index in [1.807, 2.05) is 13.0 Å². The minimum absolute atomic E-state index is 0.135. The normalized spacial score (nSPS) is 15.6. The van der Waals surface area contributed by atoms with Gasteiger partial charge in [-0.05, 0) is 24.8 Å². The molecule has 1 aromatic rings. The van der Waals surface area contributed by atoms with Gasteiger partial charge >= 0.3 is 0 Å². The Morgan fingerprint density at radius 3 is 2.85 bits per heavy atom. The van der Waals surface area contributed by atoms with Crippen LogP contribution in [-0.4, -0.2) is 17.3 Å². The maximum Gasteiger partial charge on any atom is 0.0610 e. The highest BCUT2D eigenvalue weighted by Crippen LogP contribution is 2.12. The Balaban J connectivity index is 2.41. The Hall–Kier alpha value is -0.380. The molecule has 13 heavy (non-hydrogen) atoms. The standard InChI is InChI=1S/C10H17NOS/c1-3-10(2,8-12)11-7-9-5-4-6-13-9/h4-6,11-12H,3,7-8H2,1-2H3. The number of rotatable bonds is 5. The lowest BCUT2D eigenvalue weighted by Gasteiger charge is -2.26. The van der Waals surface area contributed by atoms with Crippen LogP contribution in [0.25, 0.3) is 0 Å². The van der Waals surface area contributed by atoms with Gasteiger partial charge in [0.15, 0.2) is 0 Å². The molecule has 0 saturated heterocycles. The molecule has 74 valence electrons. The number of nitrogens with one attached hydrogen (secondary N) is 1. The maximum absolute atomic E-state index is 9.15. The van der Waals surface area contributed by atoms with Crippen LogP contribution in [0, 0.1) is 0 Å². The fourth-order valence-corrected chi connectivity index (χ4v) is 1.65. The van der Waals surface area contributed by atoms with Gasteiger partial charge < -0.3 is 10.4 Å². The van der Waals surface area contributed by atoms with Gasteiger partial charge in [0.1, 0.15) is 0 Å². The summed E-state index contributed by atoms with van der Waals surface area (Å²) in [6.45, 7) is 5.16. The molecule has 0 spiro atoms. The van der Waals surface area contributed by atoms with Crippen molar-refractivity contribution in [1.29, 1.82) is 0 Å². The molecule has 1 atom stereocenters. The van der Waals surface area contributed by atoms with Crippen molar-refractivity contribution in [2.75, 3.05) is 6.61 Å². The summed E-state index contributed by atoms with van der Waals surface area (Å²) in [5.41, 5.74) is -0.135. The summed E-state index contributed by atoms with van der Waals surface area (Å²) in [5, 5.41) is 14.6. The van der Waals surface area contributed by atoms with Crippen molar-refractivity contribution >= 4 is 11.3 Å². The van der Waals surface area contributed by atoms with Crippen LogP contribution < -0.4 is 5.32 Å². The van der Waals surface area contributed by atoms with Gasteiger partial charge in [0.2, 0.25) is 0 Å². The zero-order valence-corrected chi connectivity index (χ0v) is 9.03. The molecule has 2 nitrogen and oxygen atoms in total. The minimum atomic E-state index is -0.135. The summed E-state index contributed by atoms with van der Waals surface area (Å²) in [7, 11) is 0. The topological polar surface area (TPSA) is 32.3 Å². The quantitative estimate of drug-likeness (QED) is 0.760. The highest BCUT2D eigenvalue weighted by molar-refractivity contribution is 7.09. The van der Waals surface area contributed by atoms with Crippen LogP contribution >= 0.6 is 11.3 Å². The summed E-state index contributed by atoms with van der Waals surface area (Å²) in [5.74, 6) is 0. The summed E-state index contributed by atoms with van der Waals surface area (Å²) in [4.78, 5) is 1.31. The van der Waals surface area contributed by atoms with Gasteiger partial charge in [0.25, 0.3) is 0 Å². The van der Waals surface area contributed by atoms with Gasteiger partial charge in [-0.15, -0.1) is 11.3 Å². The van der Waals surface area contributed by atoms with Crippen LogP contribution in [0.3, 0.4) is 0 Å². The van der Waals surface area contributed by atoms with E-state index < -0.39 is 0 Å². The predicted molar refractivity (Wildman–Crippen MR) is 56.9 cm³/mol. The van der Waals surface area contributed by atoms with Crippen LogP contribution in [0.5, 0.6) is 0 Å². The summed E-state index contributed by atoms with van der Waals surface area (Å²) >= 11 is 1.74. The molecule has 1 unspecified atom stereocenters. The van der Waals surface area contributed by atoms with Crippen molar-refractivity contribution in [3.05, 3.63) is 22.4 Å². The molecular formula is C10H17NOS. The number of thiophene rings is 1. The van der Waals surface area contributed by atoms with Crippen molar-refractivity contribution in [1.82, 2.24) is 5.32 Å². The molecule has 1 aromatic heterocycles. The van der Waals surface area contributed by atoms with E-state index >= 15 is 0 Å². The van der Waals surface area contributed by atoms with E-state index in [9.17, 15) is 0 Å². The Bertz CT molecular complexity index is 229. The average molecular weight is 199 g/mol. The van der Waals surface area contributed by atoms with Crippen molar-refractivity contribution < 1.29 is 5.11 Å². The Kier molecular flexibility index (Phi) is 3.90. The van der Waals surface area contributed by atoms with Crippen molar-refractivity contribution in [3.63, 3.8) is 0 Å². The second-order valence-corrected chi connectivity index (χ2v) is 4.54. The van der Waals surface area contributed by atoms with Crippen molar-refractivity contribution in [3.8, 4) is 0 Å². The fourth-order valence-electron chi connectivity index (χ4n) is 1.01. The monoisotopic (exact) mass is 199 g/mol. The SMILES string of the molecule is CCC(C)(CO)NCc1cccs1. The van der Waals surface area contributed by atoms with E-state index in [1.54, 1.807) is 11.3 Å². The average Bonchev–Trinajstić information content (AvgIpc) is 2.67. The summed E-state index contributed by atoms with van der Waals surface area (Å²) in [6, 6.07) is 4.15. The Morgan fingerprint density at radius 2 is 2.38 bits per heavy atom. The molecule has 1 heterocycles. The Morgan fingerprint density at radius 1 is 1.62 bits per heavy atom. The second-order valence-electron chi connectivity index (χ2n) is 3.51. The first-order chi connectivity index (χ1) is 6.20. The second kappa shape index (κ2) is 4.74. The number of hydrogen-bond acceptors (Lipinski definition) is 3. The predicted octanol–water partition coefficient (Wildman–Crippen LogP) is 2.00. The van der Waals surface area contributed by atoms with E-state index in [0.29, 0.717) is 0 Å². The van der Waals surface area contributed by atoms with Crippen molar-refractivity contribution in [2.24, 2.45) is 0 Å². The fraction of sp³-hybridized carbons (Fsp3) is 0.600. The van der Waals surface area contributed by atoms with Gasteiger partial charge in [-0.1, -0.05) is 13.0 Å². The van der Waals surface area contributed by atoms with Crippen LogP contribution in [0.1, 0.15) is 25.1 Å². The van der Waals surface area contributed by atoms with E-state index in [1.165, 1.54) is 4.88 Å². The van der Waals surface area contributed by atoms with E-state index in [-0.39, 0.29) is 12.1 Å². The molecule has 0 aliphatic heterocycles. The highest BCUT2D eigenvalue weighted by Gasteiger charge is 2.19. The summed E-state index contributed by atoms with van der Waals surface area (Å²) in [6.07, 6.45) is 0.939. The largest absolute Gasteiger partial charge is 0.394 e. The molecule has 0 fully saturated rings. The van der Waals surface area contributed by atoms with Gasteiger partial charge in [-0.25, -0.2) is 0 Å². The lowest BCUT2D eigenvalue weighted by atomic mass is 10.0. The third-order valence-electron chi connectivity index (χ3n) is 2.40. The first kappa shape index (κ1) is 10.7. The van der Waals surface area contributed by atoms with Gasteiger partial charge in [0, 0.05) is 17.0 Å². The minimum Gasteiger partial charge on any atom is -0.394 e. The van der Waals surface area contributed by atoms with Crippen LogP contribution in [0.4, 0.5) is 0 Å². The van der Waals surface area contributed by atoms with Crippen LogP contribution in [0.2, 0.25) is 0 Å². The summed E-state index contributed by atoms with van der Waals surface area (Å²) < 4.78 is 0. The molecule has 0 aromatic carbocycles. The van der Waals surface area contributed by atoms with E-state index in [2.05, 4.69) is 23.7 Å². The van der Waals surface area contributed by atoms with Gasteiger partial charge in [-0.3, -0.25) is 0 Å². The zero-order valence-electron chi connectivity index (χ0n) is 8.21. The molecule has 0 aliphatic carbocycles. The third kappa shape index (κ3) is 3.10. The van der Waals surface area contributed by atoms with Crippen LogP contribution in [0.15, 0.2) is 17.5 Å². The Labute approximate surface area is 83.6 Å². The number of hydrogen-bond donors (Lipinski definition) is 2. The van der Waals surface area contributed by atoms with Crippen LogP contribution in [-0.2, 0) is 6.54 Å². The van der Waals surface area contributed by atoms with Gasteiger partial charge in [0.05, 0.1) is 6.61 Å². The molecule has 1 rings (SSSR count). The smallest absolute Gasteiger partial charge is 0.0610 e. The molecule has 0 aliphatic rings. The molecular weight excluding hydrogens is 182 g/mol. The number of aliphatic hydroxyl groups excluding tert-OH is 1. The lowest BCUT2D eigenvalue weighted by molar-refractivity contribution is 0.169. The lowest BCUT2D eigenvalue weighted by Crippen LogP contribution is -2.44. The molecule has 3 heteroatoms.